The molecule has 6 N–H and O–H groups in total. The molecular formula is C28H45N9O3. The number of hydrogen-bond donors (Lipinski definition) is 6. The number of carbonyl (C=O) groups excluding carboxylic acids is 2. The quantitative estimate of drug-likeness (QED) is 0.237. The zero-order chi connectivity index (χ0) is 27.8. The van der Waals surface area contributed by atoms with Gasteiger partial charge in [0.2, 0.25) is 11.8 Å². The highest BCUT2D eigenvalue weighted by atomic mass is 16.5. The van der Waals surface area contributed by atoms with Crippen LogP contribution >= 0.6 is 0 Å². The van der Waals surface area contributed by atoms with Crippen LogP contribution in [0.5, 0.6) is 0 Å². The minimum atomic E-state index is -0.473. The number of nitrogens with one attached hydrogen (secondary N) is 6. The van der Waals surface area contributed by atoms with Crippen molar-refractivity contribution < 1.29 is 14.3 Å². The van der Waals surface area contributed by atoms with Gasteiger partial charge in [-0.15, -0.1) is 0 Å². The highest BCUT2D eigenvalue weighted by molar-refractivity contribution is 5.93. The van der Waals surface area contributed by atoms with Crippen LogP contribution in [0, 0.1) is 5.92 Å². The summed E-state index contributed by atoms with van der Waals surface area (Å²) in [6.07, 6.45) is 13.0. The highest BCUT2D eigenvalue weighted by Crippen LogP contribution is 2.31. The van der Waals surface area contributed by atoms with E-state index in [0.717, 1.165) is 51.2 Å². The van der Waals surface area contributed by atoms with E-state index in [1.165, 1.54) is 6.08 Å². The number of allylic oxidation sites excluding steroid dienone is 1. The molecule has 0 bridgehead atoms. The first-order valence-corrected chi connectivity index (χ1v) is 15.0. The van der Waals surface area contributed by atoms with Crippen molar-refractivity contribution in [1.82, 2.24) is 46.8 Å². The van der Waals surface area contributed by atoms with Crippen molar-refractivity contribution in [2.75, 3.05) is 26.4 Å². The van der Waals surface area contributed by atoms with Crippen molar-refractivity contribution in [1.29, 1.82) is 0 Å². The third-order valence-corrected chi connectivity index (χ3v) is 9.53. The third kappa shape index (κ3) is 5.53. The summed E-state index contributed by atoms with van der Waals surface area (Å²) in [4.78, 5) is 29.0. The van der Waals surface area contributed by atoms with Crippen LogP contribution in [0.3, 0.4) is 0 Å². The molecule has 5 aliphatic heterocycles. The fraction of sp³-hybridized carbons (Fsp3) is 0.714. The van der Waals surface area contributed by atoms with Crippen molar-refractivity contribution in [3.05, 3.63) is 36.8 Å². The minimum Gasteiger partial charge on any atom is -0.490 e. The van der Waals surface area contributed by atoms with Crippen LogP contribution in [-0.4, -0.2) is 102 Å². The number of amides is 2. The molecule has 4 saturated heterocycles. The van der Waals surface area contributed by atoms with E-state index in [4.69, 9.17) is 4.74 Å². The first-order valence-electron chi connectivity index (χ1n) is 15.0. The zero-order valence-corrected chi connectivity index (χ0v) is 23.6. The molecule has 12 heteroatoms. The number of carbonyl (C=O) groups is 2. The van der Waals surface area contributed by atoms with Gasteiger partial charge in [0.25, 0.3) is 0 Å². The molecule has 40 heavy (non-hydrogen) atoms. The van der Waals surface area contributed by atoms with Crippen LogP contribution in [-0.2, 0) is 14.3 Å². The molecule has 6 aliphatic rings. The normalized spacial score (nSPS) is 39.9. The fourth-order valence-electron chi connectivity index (χ4n) is 7.24. The molecule has 1 saturated carbocycles. The average molecular weight is 556 g/mol. The Morgan fingerprint density at radius 2 is 2.00 bits per heavy atom. The molecule has 220 valence electrons. The summed E-state index contributed by atoms with van der Waals surface area (Å²) in [6, 6.07) is 0.418. The molecule has 9 atom stereocenters. The molecule has 1 aliphatic carbocycles. The van der Waals surface area contributed by atoms with Gasteiger partial charge >= 0.3 is 0 Å². The topological polar surface area (TPSA) is 125 Å². The number of nitrogens with zero attached hydrogens (tertiary/aromatic N) is 3. The van der Waals surface area contributed by atoms with E-state index in [9.17, 15) is 9.59 Å². The number of piperazine rings is 1. The smallest absolute Gasteiger partial charge is 0.246 e. The van der Waals surface area contributed by atoms with Gasteiger partial charge in [-0.05, 0) is 63.2 Å². The SMILES string of the molecule is C=CC(=O)N1CCN(C2CCC3NCNC(NC4CCC(OC5=CC6NCNN6C=C5)C(C)C4)C3N2)C(=O)[C@H]1C. The largest absolute Gasteiger partial charge is 0.490 e. The molecular weight excluding hydrogens is 510 g/mol. The summed E-state index contributed by atoms with van der Waals surface area (Å²) in [7, 11) is 0. The Balaban J connectivity index is 1.03. The maximum absolute atomic E-state index is 13.3. The predicted molar refractivity (Wildman–Crippen MR) is 151 cm³/mol. The lowest BCUT2D eigenvalue weighted by Crippen LogP contribution is -2.76. The van der Waals surface area contributed by atoms with E-state index in [1.54, 1.807) is 4.90 Å². The molecule has 5 heterocycles. The summed E-state index contributed by atoms with van der Waals surface area (Å²) in [5.41, 5.74) is 3.26. The van der Waals surface area contributed by atoms with Crippen LogP contribution in [0.2, 0.25) is 0 Å². The molecule has 6 rings (SSSR count). The summed E-state index contributed by atoms with van der Waals surface area (Å²) >= 11 is 0. The zero-order valence-electron chi connectivity index (χ0n) is 23.6. The van der Waals surface area contributed by atoms with Gasteiger partial charge in [-0.1, -0.05) is 13.5 Å². The first kappa shape index (κ1) is 27.7. The molecule has 5 fully saturated rings. The molecule has 2 amide bonds. The summed E-state index contributed by atoms with van der Waals surface area (Å²) in [6.45, 7) is 10.3. The number of ether oxygens (including phenoxy) is 1. The van der Waals surface area contributed by atoms with Crippen molar-refractivity contribution >= 4 is 11.8 Å². The van der Waals surface area contributed by atoms with Crippen molar-refractivity contribution in [3.8, 4) is 0 Å². The Kier molecular flexibility index (Phi) is 8.16. The summed E-state index contributed by atoms with van der Waals surface area (Å²) in [5.74, 6) is 1.20. The Morgan fingerprint density at radius 3 is 2.83 bits per heavy atom. The molecule has 0 spiro atoms. The lowest BCUT2D eigenvalue weighted by Gasteiger charge is -2.51. The molecule has 12 nitrogen and oxygen atoms in total. The number of rotatable bonds is 6. The van der Waals surface area contributed by atoms with E-state index < -0.39 is 6.04 Å². The Bertz CT molecular complexity index is 1040. The van der Waals surface area contributed by atoms with Crippen molar-refractivity contribution in [2.24, 2.45) is 5.92 Å². The van der Waals surface area contributed by atoms with Gasteiger partial charge in [0.15, 0.2) is 0 Å². The number of piperidine rings is 1. The molecule has 0 aromatic heterocycles. The predicted octanol–water partition coefficient (Wildman–Crippen LogP) is -0.577. The molecule has 0 aromatic carbocycles. The highest BCUT2D eigenvalue weighted by Gasteiger charge is 2.44. The third-order valence-electron chi connectivity index (χ3n) is 9.53. The number of hydrogen-bond acceptors (Lipinski definition) is 10. The van der Waals surface area contributed by atoms with Gasteiger partial charge in [-0.25, -0.2) is 5.43 Å². The van der Waals surface area contributed by atoms with Gasteiger partial charge in [0.1, 0.15) is 24.1 Å². The van der Waals surface area contributed by atoms with Crippen molar-refractivity contribution in [2.45, 2.75) is 94.7 Å². The van der Waals surface area contributed by atoms with Gasteiger partial charge in [0, 0.05) is 38.0 Å². The van der Waals surface area contributed by atoms with Crippen LogP contribution in [0.1, 0.15) is 46.0 Å². The maximum Gasteiger partial charge on any atom is 0.246 e. The monoisotopic (exact) mass is 555 g/mol. The van der Waals surface area contributed by atoms with E-state index >= 15 is 0 Å². The Hall–Kier alpha value is -2.48. The standard InChI is InChI=1S/C28H45N9O3/c1-4-25(38)35-11-12-36(28(39)18(35)3)23-8-6-21-26(34-23)27(31-15-29-21)33-19-5-7-22(17(2)13-19)40-20-9-10-37-24(14-20)30-16-32-37/h4,9-10,14,17-19,21-24,26-27,29-34H,1,5-8,11-13,15-16H2,2-3H3/t17?,18-,19?,21?,22?,23?,24?,26?,27?/m1/s1. The summed E-state index contributed by atoms with van der Waals surface area (Å²) in [5, 5.41) is 20.4. The van der Waals surface area contributed by atoms with Crippen LogP contribution < -0.4 is 32.0 Å². The second kappa shape index (κ2) is 11.8. The molecule has 0 aromatic rings. The van der Waals surface area contributed by atoms with E-state index in [1.807, 2.05) is 24.1 Å². The van der Waals surface area contributed by atoms with Crippen LogP contribution in [0.25, 0.3) is 0 Å². The van der Waals surface area contributed by atoms with Crippen LogP contribution in [0.4, 0.5) is 0 Å². The lowest BCUT2D eigenvalue weighted by atomic mass is 9.83. The second-order valence-corrected chi connectivity index (χ2v) is 12.0. The molecule has 8 unspecified atom stereocenters. The van der Waals surface area contributed by atoms with E-state index in [0.29, 0.717) is 31.1 Å². The minimum absolute atomic E-state index is 0.00129. The Morgan fingerprint density at radius 1 is 1.12 bits per heavy atom. The number of hydrazine groups is 1. The lowest BCUT2D eigenvalue weighted by molar-refractivity contribution is -0.152. The average Bonchev–Trinajstić information content (AvgIpc) is 3.44. The Labute approximate surface area is 236 Å². The molecule has 0 radical (unpaired) electrons. The maximum atomic E-state index is 13.3. The summed E-state index contributed by atoms with van der Waals surface area (Å²) < 4.78 is 6.45. The second-order valence-electron chi connectivity index (χ2n) is 12.0. The fourth-order valence-corrected chi connectivity index (χ4v) is 7.24. The van der Waals surface area contributed by atoms with Gasteiger partial charge in [-0.3, -0.25) is 41.2 Å². The number of fused-ring (bicyclic) bond motifs is 2. The van der Waals surface area contributed by atoms with Gasteiger partial charge in [0.05, 0.1) is 25.0 Å². The van der Waals surface area contributed by atoms with Gasteiger partial charge in [-0.2, -0.15) is 0 Å². The van der Waals surface area contributed by atoms with Crippen molar-refractivity contribution in [3.63, 3.8) is 0 Å². The van der Waals surface area contributed by atoms with Gasteiger partial charge < -0.3 is 14.5 Å². The van der Waals surface area contributed by atoms with E-state index in [-0.39, 0.29) is 42.5 Å². The van der Waals surface area contributed by atoms with Crippen LogP contribution in [0.15, 0.2) is 36.8 Å². The first-order chi connectivity index (χ1) is 19.4. The van der Waals surface area contributed by atoms with E-state index in [2.05, 4.69) is 56.6 Å².